The summed E-state index contributed by atoms with van der Waals surface area (Å²) < 4.78 is 36.1. The number of hydrogen-bond acceptors (Lipinski definition) is 11. The minimum atomic E-state index is -0.552. The van der Waals surface area contributed by atoms with E-state index in [1.54, 1.807) is 14.2 Å². The van der Waals surface area contributed by atoms with Crippen LogP contribution in [0.25, 0.3) is 0 Å². The number of fused-ring (bicyclic) bond motifs is 9. The van der Waals surface area contributed by atoms with E-state index in [1.165, 1.54) is 0 Å². The van der Waals surface area contributed by atoms with Gasteiger partial charge in [-0.1, -0.05) is 59.0 Å². The van der Waals surface area contributed by atoms with Gasteiger partial charge < -0.3 is 33.7 Å². The molecule has 0 aromatic heterocycles. The van der Waals surface area contributed by atoms with E-state index in [2.05, 4.69) is 34.3 Å². The van der Waals surface area contributed by atoms with Crippen molar-refractivity contribution in [1.29, 1.82) is 5.26 Å². The van der Waals surface area contributed by atoms with Crippen LogP contribution in [0.4, 0.5) is 0 Å². The maximum atomic E-state index is 13.5. The van der Waals surface area contributed by atoms with E-state index >= 15 is 0 Å². The van der Waals surface area contributed by atoms with E-state index in [1.807, 2.05) is 66.8 Å². The van der Waals surface area contributed by atoms with Crippen molar-refractivity contribution < 1.29 is 38.0 Å². The molecule has 7 rings (SSSR count). The molecule has 13 heteroatoms. The number of carbonyl (C=O) groups is 2. The first-order valence-electron chi connectivity index (χ1n) is 17.5. The highest BCUT2D eigenvalue weighted by Crippen LogP contribution is 2.58. The maximum Gasteiger partial charge on any atom is 0.321 e. The molecule has 5 atom stereocenters. The Bertz CT molecular complexity index is 1920. The quantitative estimate of drug-likeness (QED) is 0.0934. The number of rotatable bonds is 11. The predicted octanol–water partition coefficient (Wildman–Crippen LogP) is 4.88. The van der Waals surface area contributed by atoms with Gasteiger partial charge in [-0.05, 0) is 56.8 Å². The largest absolute Gasteiger partial charge is 0.493 e. The molecule has 274 valence electrons. The number of benzene rings is 3. The van der Waals surface area contributed by atoms with Crippen LogP contribution in [0.1, 0.15) is 57.4 Å². The molecule has 12 nitrogen and oxygen atoms in total. The highest BCUT2D eigenvalue weighted by molar-refractivity contribution is 14.1. The summed E-state index contributed by atoms with van der Waals surface area (Å²) in [5.74, 6) is 2.27. The molecule has 0 saturated carbocycles. The lowest BCUT2D eigenvalue weighted by Gasteiger charge is -2.60. The van der Waals surface area contributed by atoms with Crippen molar-refractivity contribution in [1.82, 2.24) is 15.1 Å². The van der Waals surface area contributed by atoms with Crippen LogP contribution >= 0.6 is 22.6 Å². The van der Waals surface area contributed by atoms with Crippen LogP contribution in [0.3, 0.4) is 0 Å². The summed E-state index contributed by atoms with van der Waals surface area (Å²) in [4.78, 5) is 31.0. The lowest BCUT2D eigenvalue weighted by molar-refractivity contribution is -0.131. The smallest absolute Gasteiger partial charge is 0.321 e. The molecule has 1 fully saturated rings. The number of carbonyl (C=O) groups excluding carboxylic acids is 2. The summed E-state index contributed by atoms with van der Waals surface area (Å²) in [5.41, 5.74) is 6.32. The number of hydrogen-bond donors (Lipinski definition) is 1. The predicted molar refractivity (Wildman–Crippen MR) is 199 cm³/mol. The Morgan fingerprint density at radius 2 is 1.81 bits per heavy atom. The van der Waals surface area contributed by atoms with E-state index in [0.717, 1.165) is 33.4 Å². The zero-order valence-electron chi connectivity index (χ0n) is 30.0. The number of amides is 1. The summed E-state index contributed by atoms with van der Waals surface area (Å²) in [6.07, 6.45) is 1.93. The van der Waals surface area contributed by atoms with Gasteiger partial charge in [-0.15, -0.1) is 0 Å². The van der Waals surface area contributed by atoms with Crippen LogP contribution < -0.4 is 29.0 Å². The highest BCUT2D eigenvalue weighted by atomic mass is 127. The molecule has 4 aliphatic heterocycles. The number of alkyl halides is 1. The third-order valence-corrected chi connectivity index (χ3v) is 11.5. The zero-order chi connectivity index (χ0) is 36.7. The van der Waals surface area contributed by atoms with Gasteiger partial charge in [-0.2, -0.15) is 5.26 Å². The Labute approximate surface area is 317 Å². The number of nitriles is 1. The SMILES string of the molecule is COCOc1c(OC)c(C)cc2c1C1[C@@H]3Cc4c(OC(=O)CI)c(C)c5c(c4[C@H](CNC(=O)CCc4ccccc4)N3[C@@H](C#N)C(C2)N1C)OCO5. The lowest BCUT2D eigenvalue weighted by atomic mass is 9.71. The number of piperazine rings is 1. The standard InChI is InChI=1S/C39H43IN4O8/c1-21-13-24-14-26-28(17-41)44-27(34(43(26)3)32(24)38(35(21)48-5)49-19-47-4)15-25-33(29(44)18-42-30(45)12-11-23-9-7-6-8-10-23)39-37(50-20-51-39)22(2)36(25)52-31(46)16-40/h6-10,13,26-29,34H,11-12,14-16,18-20H2,1-5H3,(H,42,45)/t26?,27-,28-,29-,34?/m0/s1. The van der Waals surface area contributed by atoms with Gasteiger partial charge in [0, 0.05) is 54.4 Å². The van der Waals surface area contributed by atoms with Gasteiger partial charge in [0.15, 0.2) is 29.8 Å². The number of esters is 1. The third kappa shape index (κ3) is 6.23. The number of nitrogens with one attached hydrogen (secondary N) is 1. The number of halogens is 1. The molecule has 4 heterocycles. The summed E-state index contributed by atoms with van der Waals surface area (Å²) >= 11 is 2.00. The number of likely N-dealkylation sites (N-methyl/N-ethyl adjacent to an activating group) is 1. The van der Waals surface area contributed by atoms with E-state index in [9.17, 15) is 14.9 Å². The van der Waals surface area contributed by atoms with Gasteiger partial charge in [-0.3, -0.25) is 19.4 Å². The van der Waals surface area contributed by atoms with Crippen molar-refractivity contribution in [3.05, 3.63) is 75.3 Å². The van der Waals surface area contributed by atoms with Gasteiger partial charge in [-0.25, -0.2) is 0 Å². The van der Waals surface area contributed by atoms with Crippen LogP contribution in [0.2, 0.25) is 0 Å². The van der Waals surface area contributed by atoms with Crippen molar-refractivity contribution in [2.45, 2.75) is 69.7 Å². The van der Waals surface area contributed by atoms with Crippen molar-refractivity contribution in [2.24, 2.45) is 0 Å². The number of aryl methyl sites for hydroxylation is 2. The highest BCUT2D eigenvalue weighted by Gasteiger charge is 2.57. The molecule has 3 aromatic rings. The Balaban J connectivity index is 1.39. The molecule has 1 saturated heterocycles. The van der Waals surface area contributed by atoms with E-state index in [-0.39, 0.29) is 54.6 Å². The van der Waals surface area contributed by atoms with Crippen LogP contribution in [0, 0.1) is 25.2 Å². The maximum absolute atomic E-state index is 13.5. The summed E-state index contributed by atoms with van der Waals surface area (Å²) in [6.45, 7) is 4.11. The lowest BCUT2D eigenvalue weighted by Crippen LogP contribution is -2.68. The van der Waals surface area contributed by atoms with E-state index < -0.39 is 12.1 Å². The fourth-order valence-corrected chi connectivity index (χ4v) is 8.90. The van der Waals surface area contributed by atoms with Gasteiger partial charge in [0.1, 0.15) is 11.8 Å². The minimum absolute atomic E-state index is 0.00820. The summed E-state index contributed by atoms with van der Waals surface area (Å²) in [5, 5.41) is 14.2. The average molecular weight is 823 g/mol. The van der Waals surface area contributed by atoms with Crippen molar-refractivity contribution in [3.8, 4) is 34.8 Å². The number of ether oxygens (including phenoxy) is 6. The minimum Gasteiger partial charge on any atom is -0.493 e. The first kappa shape index (κ1) is 36.3. The van der Waals surface area contributed by atoms with Crippen LogP contribution in [0.15, 0.2) is 36.4 Å². The van der Waals surface area contributed by atoms with Crippen LogP contribution in [-0.2, 0) is 33.6 Å². The molecule has 0 radical (unpaired) electrons. The molecular formula is C39H43IN4O8. The van der Waals surface area contributed by atoms with Gasteiger partial charge in [0.2, 0.25) is 12.7 Å². The van der Waals surface area contributed by atoms with Crippen LogP contribution in [0.5, 0.6) is 28.7 Å². The van der Waals surface area contributed by atoms with Crippen molar-refractivity contribution in [3.63, 3.8) is 0 Å². The topological polar surface area (TPSA) is 132 Å². The second-order valence-corrected chi connectivity index (χ2v) is 14.4. The van der Waals surface area contributed by atoms with Crippen LogP contribution in [-0.4, -0.2) is 85.6 Å². The van der Waals surface area contributed by atoms with Crippen molar-refractivity contribution in [2.75, 3.05) is 45.8 Å². The molecule has 52 heavy (non-hydrogen) atoms. The summed E-state index contributed by atoms with van der Waals surface area (Å²) in [7, 11) is 5.28. The Hall–Kier alpha value is -4.10. The molecule has 0 spiro atoms. The zero-order valence-corrected chi connectivity index (χ0v) is 32.2. The number of nitrogens with zero attached hydrogens (tertiary/aromatic N) is 3. The molecule has 2 unspecified atom stereocenters. The second-order valence-electron chi connectivity index (χ2n) is 13.7. The molecule has 2 bridgehead atoms. The summed E-state index contributed by atoms with van der Waals surface area (Å²) in [6, 6.07) is 12.9. The Morgan fingerprint density at radius 1 is 1.04 bits per heavy atom. The molecular weight excluding hydrogens is 779 g/mol. The van der Waals surface area contributed by atoms with Gasteiger partial charge >= 0.3 is 5.97 Å². The van der Waals surface area contributed by atoms with Crippen molar-refractivity contribution >= 4 is 34.5 Å². The monoisotopic (exact) mass is 822 g/mol. The first-order valence-corrected chi connectivity index (χ1v) is 19.0. The fraction of sp³-hybridized carbons (Fsp3) is 0.462. The Morgan fingerprint density at radius 3 is 2.52 bits per heavy atom. The molecule has 1 amide bonds. The molecule has 3 aromatic carbocycles. The third-order valence-electron chi connectivity index (χ3n) is 10.9. The van der Waals surface area contributed by atoms with Gasteiger partial charge in [0.05, 0.1) is 29.7 Å². The second kappa shape index (κ2) is 15.1. The normalized spacial score (nSPS) is 22.8. The first-order chi connectivity index (χ1) is 25.2. The molecule has 0 aliphatic carbocycles. The Kier molecular flexibility index (Phi) is 10.5. The number of methoxy groups -OCH3 is 2. The van der Waals surface area contributed by atoms with E-state index in [0.29, 0.717) is 60.0 Å². The molecule has 1 N–H and O–H groups in total. The average Bonchev–Trinajstić information content (AvgIpc) is 3.64. The fourth-order valence-electron chi connectivity index (χ4n) is 8.75. The van der Waals surface area contributed by atoms with E-state index in [4.69, 9.17) is 28.4 Å². The molecule has 4 aliphatic rings. The van der Waals surface area contributed by atoms with Gasteiger partial charge in [0.25, 0.3) is 0 Å².